The summed E-state index contributed by atoms with van der Waals surface area (Å²) in [7, 11) is 2.01. The first-order chi connectivity index (χ1) is 15.7. The van der Waals surface area contributed by atoms with Crippen molar-refractivity contribution < 1.29 is 23.4 Å². The van der Waals surface area contributed by atoms with Crippen LogP contribution in [0.1, 0.15) is 25.7 Å². The SMILES string of the molecule is CN1CCN(c2ccccc2)c2nc(SC3CC(F)(F)C3)c(OCC3(C(=O)O)CC3)cc2S1. The maximum atomic E-state index is 13.5. The van der Waals surface area contributed by atoms with E-state index in [9.17, 15) is 18.7 Å². The van der Waals surface area contributed by atoms with Crippen LogP contribution in [0.5, 0.6) is 5.75 Å². The van der Waals surface area contributed by atoms with E-state index in [1.54, 1.807) is 11.9 Å². The lowest BCUT2D eigenvalue weighted by Gasteiger charge is -2.34. The predicted molar refractivity (Wildman–Crippen MR) is 125 cm³/mol. The zero-order valence-electron chi connectivity index (χ0n) is 18.2. The zero-order valence-corrected chi connectivity index (χ0v) is 19.8. The Morgan fingerprint density at radius 1 is 1.27 bits per heavy atom. The summed E-state index contributed by atoms with van der Waals surface area (Å²) in [6.07, 6.45) is 0.790. The number of nitrogens with zero attached hydrogens (tertiary/aromatic N) is 3. The number of carboxylic acids is 1. The van der Waals surface area contributed by atoms with Gasteiger partial charge in [0, 0.05) is 42.9 Å². The molecule has 0 bridgehead atoms. The number of carbonyl (C=O) groups is 1. The molecule has 0 radical (unpaired) electrons. The van der Waals surface area contributed by atoms with Crippen molar-refractivity contribution in [3.05, 3.63) is 36.4 Å². The number of benzene rings is 1. The predicted octanol–water partition coefficient (Wildman–Crippen LogP) is 5.31. The summed E-state index contributed by atoms with van der Waals surface area (Å²) in [5.41, 5.74) is 0.155. The Labute approximate surface area is 199 Å². The van der Waals surface area contributed by atoms with Crippen LogP contribution < -0.4 is 9.64 Å². The Bertz CT molecular complexity index is 1040. The maximum Gasteiger partial charge on any atom is 0.313 e. The molecule has 1 aromatic carbocycles. The van der Waals surface area contributed by atoms with E-state index in [1.807, 2.05) is 43.4 Å². The molecule has 2 heterocycles. The van der Waals surface area contributed by atoms with Crippen molar-refractivity contribution >= 4 is 41.2 Å². The summed E-state index contributed by atoms with van der Waals surface area (Å²) < 4.78 is 35.1. The second-order valence-corrected chi connectivity index (χ2v) is 11.5. The van der Waals surface area contributed by atoms with Gasteiger partial charge in [0.25, 0.3) is 0 Å². The van der Waals surface area contributed by atoms with E-state index >= 15 is 0 Å². The van der Waals surface area contributed by atoms with Crippen molar-refractivity contribution in [1.29, 1.82) is 0 Å². The number of pyridine rings is 1. The highest BCUT2D eigenvalue weighted by Crippen LogP contribution is 2.51. The van der Waals surface area contributed by atoms with Gasteiger partial charge >= 0.3 is 5.97 Å². The Morgan fingerprint density at radius 2 is 2.00 bits per heavy atom. The summed E-state index contributed by atoms with van der Waals surface area (Å²) in [4.78, 5) is 19.6. The fourth-order valence-corrected chi connectivity index (χ4v) is 6.20. The van der Waals surface area contributed by atoms with Gasteiger partial charge in [-0.3, -0.25) is 4.79 Å². The molecule has 2 saturated carbocycles. The number of hydrogen-bond acceptors (Lipinski definition) is 7. The number of likely N-dealkylation sites (N-methyl/N-ethyl adjacent to an activating group) is 1. The quantitative estimate of drug-likeness (QED) is 0.521. The third kappa shape index (κ3) is 4.79. The maximum absolute atomic E-state index is 13.5. The molecule has 0 atom stereocenters. The fourth-order valence-electron chi connectivity index (χ4n) is 3.95. The molecule has 2 aromatic rings. The van der Waals surface area contributed by atoms with Crippen LogP contribution in [-0.4, -0.2) is 58.3 Å². The lowest BCUT2D eigenvalue weighted by molar-refractivity contribution is -0.144. The highest BCUT2D eigenvalue weighted by Gasteiger charge is 2.51. The average molecular weight is 494 g/mol. The Balaban J connectivity index is 1.50. The number of ether oxygens (including phenoxy) is 1. The van der Waals surface area contributed by atoms with Crippen LogP contribution in [0.4, 0.5) is 20.3 Å². The number of alkyl halides is 2. The summed E-state index contributed by atoms with van der Waals surface area (Å²) in [6.45, 7) is 1.58. The largest absolute Gasteiger partial charge is 0.490 e. The summed E-state index contributed by atoms with van der Waals surface area (Å²) in [6, 6.07) is 11.8. The van der Waals surface area contributed by atoms with E-state index in [-0.39, 0.29) is 24.7 Å². The first kappa shape index (κ1) is 22.7. The molecule has 176 valence electrons. The highest BCUT2D eigenvalue weighted by molar-refractivity contribution is 8.00. The van der Waals surface area contributed by atoms with Crippen molar-refractivity contribution in [2.24, 2.45) is 5.41 Å². The van der Waals surface area contributed by atoms with E-state index in [4.69, 9.17) is 9.72 Å². The number of halogens is 2. The third-order valence-corrected chi connectivity index (χ3v) is 8.43. The molecule has 10 heteroatoms. The second-order valence-electron chi connectivity index (χ2n) is 8.92. The number of anilines is 2. The van der Waals surface area contributed by atoms with Gasteiger partial charge in [0.05, 0.1) is 4.90 Å². The van der Waals surface area contributed by atoms with Crippen molar-refractivity contribution in [2.45, 2.75) is 46.8 Å². The first-order valence-corrected chi connectivity index (χ1v) is 12.6. The molecule has 2 aliphatic carbocycles. The van der Waals surface area contributed by atoms with E-state index in [1.165, 1.54) is 11.8 Å². The smallest absolute Gasteiger partial charge is 0.313 e. The van der Waals surface area contributed by atoms with Crippen LogP contribution in [0.3, 0.4) is 0 Å². The van der Waals surface area contributed by atoms with Crippen molar-refractivity contribution in [2.75, 3.05) is 31.6 Å². The number of hydrogen-bond donors (Lipinski definition) is 1. The standard InChI is InChI=1S/C23H25F2N3O3S2/c1-27-9-10-28(15-5-3-2-4-6-15)19-18(33-27)11-17(31-14-22(7-8-22)21(29)30)20(26-19)32-16-12-23(24,25)13-16/h2-6,11,16H,7-10,12-14H2,1H3,(H,29,30). The molecule has 0 saturated heterocycles. The fraction of sp³-hybridized carbons (Fsp3) is 0.478. The molecule has 5 rings (SSSR count). The third-order valence-electron chi connectivity index (χ3n) is 6.26. The molecular weight excluding hydrogens is 468 g/mol. The van der Waals surface area contributed by atoms with Gasteiger partial charge < -0.3 is 14.7 Å². The van der Waals surface area contributed by atoms with Gasteiger partial charge in [0.2, 0.25) is 5.92 Å². The lowest BCUT2D eigenvalue weighted by Crippen LogP contribution is -2.37. The summed E-state index contributed by atoms with van der Waals surface area (Å²) in [5.74, 6) is -2.25. The average Bonchev–Trinajstić information content (AvgIpc) is 3.56. The molecule has 1 aromatic heterocycles. The zero-order chi connectivity index (χ0) is 23.2. The molecule has 0 unspecified atom stereocenters. The first-order valence-electron chi connectivity index (χ1n) is 10.9. The molecule has 0 amide bonds. The van der Waals surface area contributed by atoms with Gasteiger partial charge in [-0.25, -0.2) is 18.1 Å². The molecule has 33 heavy (non-hydrogen) atoms. The minimum atomic E-state index is -2.62. The summed E-state index contributed by atoms with van der Waals surface area (Å²) in [5, 5.41) is 9.83. The van der Waals surface area contributed by atoms with Crippen LogP contribution in [0.2, 0.25) is 0 Å². The van der Waals surface area contributed by atoms with Gasteiger partial charge in [-0.05, 0) is 44.0 Å². The number of aliphatic carboxylic acids is 1. The van der Waals surface area contributed by atoms with E-state index in [0.29, 0.717) is 23.6 Å². The Morgan fingerprint density at radius 3 is 2.64 bits per heavy atom. The van der Waals surface area contributed by atoms with Gasteiger partial charge in [0.1, 0.15) is 22.9 Å². The van der Waals surface area contributed by atoms with Gasteiger partial charge in [0.15, 0.2) is 5.75 Å². The van der Waals surface area contributed by atoms with Crippen molar-refractivity contribution in [3.63, 3.8) is 0 Å². The minimum Gasteiger partial charge on any atom is -0.490 e. The monoisotopic (exact) mass is 493 g/mol. The van der Waals surface area contributed by atoms with Gasteiger partial charge in [-0.2, -0.15) is 0 Å². The highest BCUT2D eigenvalue weighted by atomic mass is 32.2. The molecule has 1 aliphatic heterocycles. The van der Waals surface area contributed by atoms with Crippen LogP contribution in [0, 0.1) is 5.41 Å². The van der Waals surface area contributed by atoms with Crippen LogP contribution in [0.25, 0.3) is 0 Å². The Kier molecular flexibility index (Phi) is 5.95. The van der Waals surface area contributed by atoms with Crippen LogP contribution >= 0.6 is 23.7 Å². The molecular formula is C23H25F2N3O3S2. The number of fused-ring (bicyclic) bond motifs is 1. The molecule has 6 nitrogen and oxygen atoms in total. The van der Waals surface area contributed by atoms with E-state index in [2.05, 4.69) is 9.21 Å². The number of thioether (sulfide) groups is 1. The number of carboxylic acid groups (broad SMARTS) is 1. The lowest BCUT2D eigenvalue weighted by atomic mass is 9.94. The van der Waals surface area contributed by atoms with Crippen LogP contribution in [-0.2, 0) is 4.79 Å². The Hall–Kier alpha value is -2.04. The molecule has 1 N–H and O–H groups in total. The van der Waals surface area contributed by atoms with E-state index in [0.717, 1.165) is 29.5 Å². The number of para-hydroxylation sites is 1. The second kappa shape index (κ2) is 8.63. The minimum absolute atomic E-state index is 0.0556. The topological polar surface area (TPSA) is 65.9 Å². The van der Waals surface area contributed by atoms with Gasteiger partial charge in [-0.15, -0.1) is 0 Å². The van der Waals surface area contributed by atoms with E-state index < -0.39 is 17.3 Å². The number of rotatable bonds is 7. The molecule has 0 spiro atoms. The van der Waals surface area contributed by atoms with Crippen molar-refractivity contribution in [3.8, 4) is 5.75 Å². The number of aromatic nitrogens is 1. The molecule has 2 fully saturated rings. The van der Waals surface area contributed by atoms with Crippen molar-refractivity contribution in [1.82, 2.24) is 9.29 Å². The normalized spacial score (nSPS) is 21.6. The van der Waals surface area contributed by atoms with Gasteiger partial charge in [-0.1, -0.05) is 30.0 Å². The van der Waals surface area contributed by atoms with Crippen LogP contribution in [0.15, 0.2) is 46.3 Å². The summed E-state index contributed by atoms with van der Waals surface area (Å²) >= 11 is 2.85. The molecule has 3 aliphatic rings.